The summed E-state index contributed by atoms with van der Waals surface area (Å²) in [6.07, 6.45) is 0. The maximum absolute atomic E-state index is 12.0. The molecule has 1 atom stereocenters. The summed E-state index contributed by atoms with van der Waals surface area (Å²) in [6.45, 7) is 7.13. The van der Waals surface area contributed by atoms with Crippen molar-refractivity contribution in [3.63, 3.8) is 0 Å². The van der Waals surface area contributed by atoms with E-state index in [2.05, 4.69) is 5.32 Å². The zero-order valence-electron chi connectivity index (χ0n) is 11.1. The van der Waals surface area contributed by atoms with Gasteiger partial charge in [0.05, 0.1) is 18.8 Å². The molecule has 1 aliphatic rings. The summed E-state index contributed by atoms with van der Waals surface area (Å²) in [7, 11) is 0. The van der Waals surface area contributed by atoms with Crippen LogP contribution < -0.4 is 11.1 Å². The Hall–Kier alpha value is -0.850. The van der Waals surface area contributed by atoms with Gasteiger partial charge in [-0.1, -0.05) is 0 Å². The van der Waals surface area contributed by atoms with Crippen LogP contribution >= 0.6 is 12.4 Å². The number of halogens is 1. The summed E-state index contributed by atoms with van der Waals surface area (Å²) >= 11 is 0. The molecule has 0 bridgehead atoms. The topological polar surface area (TPSA) is 84.7 Å². The van der Waals surface area contributed by atoms with Gasteiger partial charge in [-0.15, -0.1) is 12.4 Å². The molecule has 1 fully saturated rings. The Morgan fingerprint density at radius 1 is 1.33 bits per heavy atom. The number of carbonyl (C=O) groups excluding carboxylic acids is 2. The smallest absolute Gasteiger partial charge is 0.245 e. The second-order valence-electron chi connectivity index (χ2n) is 4.85. The Bertz CT molecular complexity index is 298. The predicted octanol–water partition coefficient (Wildman–Crippen LogP) is -0.491. The van der Waals surface area contributed by atoms with Gasteiger partial charge in [0, 0.05) is 13.1 Å². The average Bonchev–Trinajstić information content (AvgIpc) is 2.27. The molecule has 2 amide bonds. The van der Waals surface area contributed by atoms with Crippen LogP contribution in [0.4, 0.5) is 0 Å². The molecule has 0 aliphatic carbocycles. The quantitative estimate of drug-likeness (QED) is 0.730. The highest BCUT2D eigenvalue weighted by molar-refractivity contribution is 5.91. The van der Waals surface area contributed by atoms with Crippen LogP contribution in [0.3, 0.4) is 0 Å². The minimum atomic E-state index is -0.973. The van der Waals surface area contributed by atoms with E-state index in [0.717, 1.165) is 0 Å². The molecular weight excluding hydrogens is 258 g/mol. The number of hydrogen-bond donors (Lipinski definition) is 2. The number of rotatable bonds is 3. The van der Waals surface area contributed by atoms with Gasteiger partial charge in [-0.2, -0.15) is 0 Å². The Labute approximate surface area is 114 Å². The number of nitrogens with two attached hydrogens (primary N) is 1. The van der Waals surface area contributed by atoms with Crippen LogP contribution in [0, 0.1) is 0 Å². The van der Waals surface area contributed by atoms with Crippen molar-refractivity contribution in [2.75, 3.05) is 26.3 Å². The fourth-order valence-electron chi connectivity index (χ4n) is 1.50. The van der Waals surface area contributed by atoms with Crippen LogP contribution in [0.1, 0.15) is 20.8 Å². The van der Waals surface area contributed by atoms with Crippen LogP contribution in [-0.4, -0.2) is 54.6 Å². The first-order chi connectivity index (χ1) is 7.82. The van der Waals surface area contributed by atoms with Gasteiger partial charge < -0.3 is 20.7 Å². The van der Waals surface area contributed by atoms with E-state index in [-0.39, 0.29) is 24.2 Å². The van der Waals surface area contributed by atoms with Crippen molar-refractivity contribution >= 4 is 24.2 Å². The summed E-state index contributed by atoms with van der Waals surface area (Å²) in [5, 5.41) is 2.62. The highest BCUT2D eigenvalue weighted by Crippen LogP contribution is 2.02. The Balaban J connectivity index is 0.00000289. The number of ether oxygens (including phenoxy) is 1. The SMILES string of the molecule is CC(NC(=O)C(C)(C)N)C(=O)N1CCOCC1.Cl. The standard InChI is InChI=1S/C11H21N3O3.ClH/c1-8(13-10(16)11(2,3)12)9(15)14-4-6-17-7-5-14;/h8H,4-7,12H2,1-3H3,(H,13,16);1H. The summed E-state index contributed by atoms with van der Waals surface area (Å²) in [5.74, 6) is -0.419. The average molecular weight is 280 g/mol. The molecule has 1 saturated heterocycles. The van der Waals surface area contributed by atoms with E-state index < -0.39 is 11.6 Å². The fraction of sp³-hybridized carbons (Fsp3) is 0.818. The number of amides is 2. The van der Waals surface area contributed by atoms with E-state index in [9.17, 15) is 9.59 Å². The Morgan fingerprint density at radius 2 is 1.83 bits per heavy atom. The highest BCUT2D eigenvalue weighted by Gasteiger charge is 2.28. The highest BCUT2D eigenvalue weighted by atomic mass is 35.5. The van der Waals surface area contributed by atoms with E-state index in [4.69, 9.17) is 10.5 Å². The van der Waals surface area contributed by atoms with E-state index in [1.165, 1.54) is 0 Å². The third kappa shape index (κ3) is 4.80. The van der Waals surface area contributed by atoms with Gasteiger partial charge in [-0.3, -0.25) is 9.59 Å². The molecule has 1 aliphatic heterocycles. The summed E-state index contributed by atoms with van der Waals surface area (Å²) in [5.41, 5.74) is 4.68. The zero-order chi connectivity index (χ0) is 13.1. The van der Waals surface area contributed by atoms with Gasteiger partial charge in [0.25, 0.3) is 0 Å². The van der Waals surface area contributed by atoms with Crippen molar-refractivity contribution in [2.24, 2.45) is 5.73 Å². The van der Waals surface area contributed by atoms with Crippen molar-refractivity contribution in [1.82, 2.24) is 10.2 Å². The Kier molecular flexibility index (Phi) is 6.59. The van der Waals surface area contributed by atoms with Crippen molar-refractivity contribution < 1.29 is 14.3 Å². The molecule has 0 spiro atoms. The largest absolute Gasteiger partial charge is 0.378 e. The molecule has 1 heterocycles. The molecule has 0 radical (unpaired) electrons. The van der Waals surface area contributed by atoms with E-state index in [1.807, 2.05) is 0 Å². The Morgan fingerprint density at radius 3 is 2.28 bits per heavy atom. The predicted molar refractivity (Wildman–Crippen MR) is 70.5 cm³/mol. The third-order valence-corrected chi connectivity index (χ3v) is 2.63. The van der Waals surface area contributed by atoms with E-state index in [0.29, 0.717) is 26.3 Å². The maximum Gasteiger partial charge on any atom is 0.245 e. The molecule has 0 aromatic rings. The first-order valence-electron chi connectivity index (χ1n) is 5.79. The molecule has 6 nitrogen and oxygen atoms in total. The van der Waals surface area contributed by atoms with Gasteiger partial charge >= 0.3 is 0 Å². The van der Waals surface area contributed by atoms with Crippen molar-refractivity contribution in [3.05, 3.63) is 0 Å². The number of carbonyl (C=O) groups is 2. The third-order valence-electron chi connectivity index (χ3n) is 2.63. The lowest BCUT2D eigenvalue weighted by molar-refractivity contribution is -0.140. The minimum absolute atomic E-state index is 0. The lowest BCUT2D eigenvalue weighted by Gasteiger charge is -2.30. The van der Waals surface area contributed by atoms with Crippen LogP contribution in [0.25, 0.3) is 0 Å². The van der Waals surface area contributed by atoms with Crippen molar-refractivity contribution in [3.8, 4) is 0 Å². The van der Waals surface area contributed by atoms with E-state index >= 15 is 0 Å². The molecule has 0 saturated carbocycles. The lowest BCUT2D eigenvalue weighted by Crippen LogP contribution is -2.56. The van der Waals surface area contributed by atoms with Gasteiger partial charge in [-0.25, -0.2) is 0 Å². The van der Waals surface area contributed by atoms with Crippen LogP contribution in [-0.2, 0) is 14.3 Å². The number of nitrogens with one attached hydrogen (secondary N) is 1. The molecule has 106 valence electrons. The zero-order valence-corrected chi connectivity index (χ0v) is 11.9. The van der Waals surface area contributed by atoms with Crippen LogP contribution in [0.5, 0.6) is 0 Å². The first kappa shape index (κ1) is 17.2. The summed E-state index contributed by atoms with van der Waals surface area (Å²) in [6, 6.07) is -0.552. The van der Waals surface area contributed by atoms with Crippen LogP contribution in [0.2, 0.25) is 0 Å². The molecular formula is C11H22ClN3O3. The number of nitrogens with zero attached hydrogens (tertiary/aromatic N) is 1. The normalized spacial score (nSPS) is 17.7. The number of morpholine rings is 1. The molecule has 0 aromatic carbocycles. The van der Waals surface area contributed by atoms with E-state index in [1.54, 1.807) is 25.7 Å². The molecule has 18 heavy (non-hydrogen) atoms. The summed E-state index contributed by atoms with van der Waals surface area (Å²) < 4.78 is 5.16. The molecule has 0 aromatic heterocycles. The molecule has 1 rings (SSSR count). The molecule has 1 unspecified atom stereocenters. The van der Waals surface area contributed by atoms with Gasteiger partial charge in [0.15, 0.2) is 0 Å². The fourth-order valence-corrected chi connectivity index (χ4v) is 1.50. The monoisotopic (exact) mass is 279 g/mol. The number of hydrogen-bond acceptors (Lipinski definition) is 4. The van der Waals surface area contributed by atoms with Crippen molar-refractivity contribution in [1.29, 1.82) is 0 Å². The van der Waals surface area contributed by atoms with Gasteiger partial charge in [0.2, 0.25) is 11.8 Å². The summed E-state index contributed by atoms with van der Waals surface area (Å²) in [4.78, 5) is 25.3. The molecule has 3 N–H and O–H groups in total. The second-order valence-corrected chi connectivity index (χ2v) is 4.85. The maximum atomic E-state index is 12.0. The van der Waals surface area contributed by atoms with Gasteiger partial charge in [0.1, 0.15) is 6.04 Å². The minimum Gasteiger partial charge on any atom is -0.378 e. The molecule has 7 heteroatoms. The second kappa shape index (κ2) is 6.92. The lowest BCUT2D eigenvalue weighted by atomic mass is 10.1. The first-order valence-corrected chi connectivity index (χ1v) is 5.79. The van der Waals surface area contributed by atoms with Crippen LogP contribution in [0.15, 0.2) is 0 Å². The van der Waals surface area contributed by atoms with Gasteiger partial charge in [-0.05, 0) is 20.8 Å². The van der Waals surface area contributed by atoms with Crippen molar-refractivity contribution in [2.45, 2.75) is 32.4 Å².